The molecular formula is C54H97NO13. The minimum absolute atomic E-state index is 0.0107. The van der Waals surface area contributed by atoms with Gasteiger partial charge in [-0.3, -0.25) is 24.0 Å². The number of unbranched alkanes of at least 4 members (excludes halogenated alkanes) is 16. The number of likely N-dealkylation sites (tertiary alicyclic amines) is 1. The normalized spacial score (nSPS) is 19.4. The molecule has 2 aliphatic heterocycles. The van der Waals surface area contributed by atoms with Gasteiger partial charge in [0, 0.05) is 57.3 Å². The molecule has 2 fully saturated rings. The van der Waals surface area contributed by atoms with Gasteiger partial charge in [0.2, 0.25) is 0 Å². The fourth-order valence-corrected chi connectivity index (χ4v) is 8.65. The van der Waals surface area contributed by atoms with Gasteiger partial charge in [0.25, 0.3) is 0 Å². The van der Waals surface area contributed by atoms with Crippen molar-refractivity contribution in [1.29, 1.82) is 0 Å². The highest BCUT2D eigenvalue weighted by Gasteiger charge is 2.44. The minimum Gasteiger partial charge on any atom is -0.465 e. The lowest BCUT2D eigenvalue weighted by Gasteiger charge is -2.27. The Morgan fingerprint density at radius 2 is 0.926 bits per heavy atom. The monoisotopic (exact) mass is 968 g/mol. The van der Waals surface area contributed by atoms with E-state index in [1.165, 1.54) is 0 Å². The average Bonchev–Trinajstić information content (AvgIpc) is 3.89. The molecule has 0 aromatic rings. The first-order valence-corrected chi connectivity index (χ1v) is 27.3. The predicted octanol–water partition coefficient (Wildman–Crippen LogP) is 10.7. The van der Waals surface area contributed by atoms with Gasteiger partial charge >= 0.3 is 29.8 Å². The second-order valence-electron chi connectivity index (χ2n) is 20.0. The summed E-state index contributed by atoms with van der Waals surface area (Å²) in [7, 11) is 1.99. The number of carbonyl (C=O) groups excluding carboxylic acids is 5. The lowest BCUT2D eigenvalue weighted by Crippen LogP contribution is -2.40. The van der Waals surface area contributed by atoms with Crippen LogP contribution in [-0.2, 0) is 61.9 Å². The highest BCUT2D eigenvalue weighted by Crippen LogP contribution is 2.31. The third-order valence-electron chi connectivity index (χ3n) is 13.3. The second kappa shape index (κ2) is 38.9. The first-order valence-electron chi connectivity index (χ1n) is 27.3. The molecule has 0 aromatic carbocycles. The summed E-state index contributed by atoms with van der Waals surface area (Å²) in [5.74, 6) is -1.87. The van der Waals surface area contributed by atoms with Crippen molar-refractivity contribution in [3.05, 3.63) is 0 Å². The molecule has 2 saturated heterocycles. The van der Waals surface area contributed by atoms with Crippen LogP contribution in [0, 0.1) is 17.3 Å². The quantitative estimate of drug-likeness (QED) is 0.0322. The zero-order valence-corrected chi connectivity index (χ0v) is 43.8. The highest BCUT2D eigenvalue weighted by molar-refractivity contribution is 5.77. The molecule has 0 bridgehead atoms. The van der Waals surface area contributed by atoms with E-state index in [0.29, 0.717) is 51.5 Å². The van der Waals surface area contributed by atoms with Crippen LogP contribution in [0.1, 0.15) is 208 Å². The third kappa shape index (κ3) is 28.8. The van der Waals surface area contributed by atoms with Crippen molar-refractivity contribution in [2.75, 3.05) is 73.0 Å². The number of hydrogen-bond donors (Lipinski definition) is 0. The fraction of sp³-hybridized carbons (Fsp3) is 0.907. The van der Waals surface area contributed by atoms with E-state index in [2.05, 4.69) is 32.6 Å². The summed E-state index contributed by atoms with van der Waals surface area (Å²) < 4.78 is 48.0. The Morgan fingerprint density at radius 1 is 0.544 bits per heavy atom. The number of carbonyl (C=O) groups is 5. The maximum absolute atomic E-state index is 13.4. The molecule has 2 unspecified atom stereocenters. The standard InChI is InChI=1S/C54H97NO13/c1-7-11-15-19-23-27-48(56)64-37-44(38-65-49(57)28-24-20-16-12-8-2)31-35-61-46-41-63-47(42-68-53(60)54(5)33-34-55(6)43-54)52(46)62-36-32-45(39-66-50(58)29-25-21-17-13-9-3)40-67-51(59)30-26-22-18-14-10-4/h44-47,52H,7-43H2,1-6H3/t46-,47?,52+,54?/m0/s1. The molecule has 0 N–H and O–H groups in total. The minimum atomic E-state index is -0.612. The van der Waals surface area contributed by atoms with Crippen LogP contribution in [0.25, 0.3) is 0 Å². The van der Waals surface area contributed by atoms with Crippen molar-refractivity contribution >= 4 is 29.8 Å². The Labute approximate surface area is 412 Å². The smallest absolute Gasteiger partial charge is 0.313 e. The van der Waals surface area contributed by atoms with E-state index >= 15 is 0 Å². The third-order valence-corrected chi connectivity index (χ3v) is 13.3. The van der Waals surface area contributed by atoms with E-state index in [-0.39, 0.29) is 94.5 Å². The molecule has 0 aliphatic carbocycles. The summed E-state index contributed by atoms with van der Waals surface area (Å²) in [6.07, 6.45) is 21.8. The average molecular weight is 968 g/mol. The van der Waals surface area contributed by atoms with Crippen molar-refractivity contribution in [2.24, 2.45) is 17.3 Å². The molecule has 0 radical (unpaired) electrons. The largest absolute Gasteiger partial charge is 0.465 e. The van der Waals surface area contributed by atoms with Crippen LogP contribution in [0.5, 0.6) is 0 Å². The lowest BCUT2D eigenvalue weighted by molar-refractivity contribution is -0.160. The van der Waals surface area contributed by atoms with E-state index in [1.807, 2.05) is 14.0 Å². The van der Waals surface area contributed by atoms with Crippen LogP contribution >= 0.6 is 0 Å². The van der Waals surface area contributed by atoms with Crippen LogP contribution in [0.2, 0.25) is 0 Å². The van der Waals surface area contributed by atoms with E-state index in [0.717, 1.165) is 135 Å². The van der Waals surface area contributed by atoms with Gasteiger partial charge in [-0.1, -0.05) is 130 Å². The van der Waals surface area contributed by atoms with Gasteiger partial charge in [-0.25, -0.2) is 0 Å². The Balaban J connectivity index is 2.12. The van der Waals surface area contributed by atoms with Gasteiger partial charge in [0.1, 0.15) is 24.9 Å². The van der Waals surface area contributed by atoms with Gasteiger partial charge in [-0.2, -0.15) is 0 Å². The maximum Gasteiger partial charge on any atom is 0.313 e. The van der Waals surface area contributed by atoms with Crippen LogP contribution in [0.4, 0.5) is 0 Å². The molecular weight excluding hydrogens is 871 g/mol. The van der Waals surface area contributed by atoms with E-state index < -0.39 is 23.7 Å². The highest BCUT2D eigenvalue weighted by atomic mass is 16.6. The molecule has 2 aliphatic rings. The summed E-state index contributed by atoms with van der Waals surface area (Å²) in [5, 5.41) is 0. The van der Waals surface area contributed by atoms with Gasteiger partial charge < -0.3 is 42.8 Å². The van der Waals surface area contributed by atoms with Crippen molar-refractivity contribution in [1.82, 2.24) is 4.90 Å². The molecule has 0 spiro atoms. The van der Waals surface area contributed by atoms with Gasteiger partial charge in [-0.15, -0.1) is 0 Å². The topological polar surface area (TPSA) is 162 Å². The molecule has 396 valence electrons. The molecule has 14 heteroatoms. The SMILES string of the molecule is CCCCCCCC(=O)OCC(CCO[C@H]1COC(COC(=O)C2(C)CCN(C)C2)[C@@H]1OCCC(COC(=O)CCCCCCC)COC(=O)CCCCCCC)COC(=O)CCCCCCC. The fourth-order valence-electron chi connectivity index (χ4n) is 8.65. The zero-order chi connectivity index (χ0) is 49.7. The molecule has 0 amide bonds. The van der Waals surface area contributed by atoms with Crippen molar-refractivity contribution in [3.8, 4) is 0 Å². The van der Waals surface area contributed by atoms with Crippen molar-refractivity contribution < 1.29 is 61.9 Å². The molecule has 0 saturated carbocycles. The number of rotatable bonds is 43. The summed E-state index contributed by atoms with van der Waals surface area (Å²) >= 11 is 0. The molecule has 68 heavy (non-hydrogen) atoms. The van der Waals surface area contributed by atoms with Crippen LogP contribution < -0.4 is 0 Å². The van der Waals surface area contributed by atoms with E-state index in [1.54, 1.807) is 0 Å². The Kier molecular flexibility index (Phi) is 35.1. The molecule has 0 aromatic heterocycles. The summed E-state index contributed by atoms with van der Waals surface area (Å²) in [6, 6.07) is 0. The lowest BCUT2D eigenvalue weighted by atomic mass is 9.90. The molecule has 2 heterocycles. The van der Waals surface area contributed by atoms with E-state index in [9.17, 15) is 24.0 Å². The predicted molar refractivity (Wildman–Crippen MR) is 264 cm³/mol. The van der Waals surface area contributed by atoms with E-state index in [4.69, 9.17) is 37.9 Å². The van der Waals surface area contributed by atoms with Crippen molar-refractivity contribution in [2.45, 2.75) is 226 Å². The Morgan fingerprint density at radius 3 is 1.29 bits per heavy atom. The van der Waals surface area contributed by atoms with Crippen molar-refractivity contribution in [3.63, 3.8) is 0 Å². The summed E-state index contributed by atoms with van der Waals surface area (Å²) in [6.45, 7) is 13.1. The van der Waals surface area contributed by atoms with Crippen LogP contribution in [-0.4, -0.2) is 126 Å². The second-order valence-corrected chi connectivity index (χ2v) is 20.0. The summed E-state index contributed by atoms with van der Waals surface area (Å²) in [4.78, 5) is 66.4. The number of nitrogens with zero attached hydrogens (tertiary/aromatic N) is 1. The maximum atomic E-state index is 13.4. The Bertz CT molecular complexity index is 1290. The molecule has 4 atom stereocenters. The van der Waals surface area contributed by atoms with Gasteiger partial charge in [-0.05, 0) is 65.5 Å². The molecule has 14 nitrogen and oxygen atoms in total. The first kappa shape index (κ1) is 61.3. The summed E-state index contributed by atoms with van der Waals surface area (Å²) in [5.41, 5.74) is -0.612. The van der Waals surface area contributed by atoms with Gasteiger partial charge in [0.05, 0.1) is 38.4 Å². The van der Waals surface area contributed by atoms with Gasteiger partial charge in [0.15, 0.2) is 0 Å². The number of hydrogen-bond acceptors (Lipinski definition) is 14. The number of ether oxygens (including phenoxy) is 8. The number of esters is 5. The zero-order valence-electron chi connectivity index (χ0n) is 43.8. The molecule has 2 rings (SSSR count). The first-order chi connectivity index (χ1) is 32.9. The van der Waals surface area contributed by atoms with Crippen LogP contribution in [0.3, 0.4) is 0 Å². The van der Waals surface area contributed by atoms with Crippen LogP contribution in [0.15, 0.2) is 0 Å². The Hall–Kier alpha value is -2.81.